The van der Waals surface area contributed by atoms with Crippen molar-refractivity contribution in [2.24, 2.45) is 0 Å². The lowest BCUT2D eigenvalue weighted by Gasteiger charge is -2.15. The van der Waals surface area contributed by atoms with Gasteiger partial charge in [0.05, 0.1) is 12.8 Å². The molecule has 2 heterocycles. The van der Waals surface area contributed by atoms with Crippen molar-refractivity contribution in [2.75, 3.05) is 12.8 Å². The monoisotopic (exact) mass is 221 g/mol. The molecule has 2 aromatic heterocycles. The van der Waals surface area contributed by atoms with Gasteiger partial charge < -0.3 is 10.5 Å². The van der Waals surface area contributed by atoms with Crippen LogP contribution >= 0.6 is 0 Å². The molecule has 0 bridgehead atoms. The van der Waals surface area contributed by atoms with E-state index in [1.165, 1.54) is 0 Å². The zero-order valence-corrected chi connectivity index (χ0v) is 9.85. The van der Waals surface area contributed by atoms with Crippen molar-refractivity contribution in [2.45, 2.75) is 26.2 Å². The lowest BCUT2D eigenvalue weighted by Crippen LogP contribution is -2.17. The Morgan fingerprint density at radius 2 is 2.00 bits per heavy atom. The number of fused-ring (bicyclic) bond motifs is 1. The standard InChI is InChI=1S/C10H15N5O/c1-10(2,3)9-13-12-8-6(11)5-7(16-4)14-15(8)9/h5H,11H2,1-4H3. The van der Waals surface area contributed by atoms with Crippen LogP contribution in [0, 0.1) is 0 Å². The minimum Gasteiger partial charge on any atom is -0.480 e. The number of hydrogen-bond acceptors (Lipinski definition) is 5. The number of hydrogen-bond donors (Lipinski definition) is 1. The van der Waals surface area contributed by atoms with Gasteiger partial charge in [0.1, 0.15) is 0 Å². The molecule has 86 valence electrons. The highest BCUT2D eigenvalue weighted by Gasteiger charge is 2.23. The largest absolute Gasteiger partial charge is 0.480 e. The lowest BCUT2D eigenvalue weighted by atomic mass is 9.96. The summed E-state index contributed by atoms with van der Waals surface area (Å²) in [6.45, 7) is 6.13. The molecule has 0 amide bonds. The second-order valence-electron chi connectivity index (χ2n) is 4.65. The number of ether oxygens (including phenoxy) is 1. The quantitative estimate of drug-likeness (QED) is 0.777. The molecule has 16 heavy (non-hydrogen) atoms. The Morgan fingerprint density at radius 1 is 1.31 bits per heavy atom. The lowest BCUT2D eigenvalue weighted by molar-refractivity contribution is 0.387. The number of nitrogens with two attached hydrogens (primary N) is 1. The number of aromatic nitrogens is 4. The van der Waals surface area contributed by atoms with E-state index in [4.69, 9.17) is 10.5 Å². The van der Waals surface area contributed by atoms with Gasteiger partial charge in [-0.3, -0.25) is 0 Å². The van der Waals surface area contributed by atoms with Gasteiger partial charge in [-0.15, -0.1) is 15.3 Å². The second-order valence-corrected chi connectivity index (χ2v) is 4.65. The molecule has 2 N–H and O–H groups in total. The maximum atomic E-state index is 5.85. The van der Waals surface area contributed by atoms with E-state index >= 15 is 0 Å². The Balaban J connectivity index is 2.75. The normalized spacial score (nSPS) is 12.0. The fraction of sp³-hybridized carbons (Fsp3) is 0.500. The number of nitrogens with zero attached hydrogens (tertiary/aromatic N) is 4. The molecule has 0 aromatic carbocycles. The second kappa shape index (κ2) is 3.33. The van der Waals surface area contributed by atoms with Gasteiger partial charge in [0, 0.05) is 11.5 Å². The summed E-state index contributed by atoms with van der Waals surface area (Å²) in [4.78, 5) is 0. The molecule has 0 spiro atoms. The Morgan fingerprint density at radius 3 is 2.56 bits per heavy atom. The van der Waals surface area contributed by atoms with Crippen LogP contribution in [0.3, 0.4) is 0 Å². The van der Waals surface area contributed by atoms with Crippen molar-refractivity contribution in [1.29, 1.82) is 0 Å². The van der Waals surface area contributed by atoms with Crippen LogP contribution in [0.4, 0.5) is 5.69 Å². The van der Waals surface area contributed by atoms with Crippen LogP contribution in [-0.4, -0.2) is 26.9 Å². The zero-order valence-electron chi connectivity index (χ0n) is 9.85. The first-order valence-electron chi connectivity index (χ1n) is 5.00. The van der Waals surface area contributed by atoms with Gasteiger partial charge in [-0.05, 0) is 0 Å². The SMILES string of the molecule is COc1cc(N)c2nnc(C(C)(C)C)n2n1. The summed E-state index contributed by atoms with van der Waals surface area (Å²) in [6, 6.07) is 1.64. The Kier molecular flexibility index (Phi) is 2.22. The topological polar surface area (TPSA) is 78.3 Å². The van der Waals surface area contributed by atoms with Gasteiger partial charge in [-0.25, -0.2) is 0 Å². The summed E-state index contributed by atoms with van der Waals surface area (Å²) >= 11 is 0. The molecule has 2 rings (SSSR count). The van der Waals surface area contributed by atoms with E-state index in [9.17, 15) is 0 Å². The first-order chi connectivity index (χ1) is 7.43. The molecule has 0 atom stereocenters. The summed E-state index contributed by atoms with van der Waals surface area (Å²) < 4.78 is 6.71. The van der Waals surface area contributed by atoms with Gasteiger partial charge >= 0.3 is 0 Å². The third-order valence-corrected chi connectivity index (χ3v) is 2.26. The van der Waals surface area contributed by atoms with Gasteiger partial charge in [0.2, 0.25) is 11.5 Å². The average Bonchev–Trinajstić information content (AvgIpc) is 2.60. The maximum Gasteiger partial charge on any atom is 0.233 e. The minimum absolute atomic E-state index is 0.148. The van der Waals surface area contributed by atoms with E-state index in [0.29, 0.717) is 17.2 Å². The number of rotatable bonds is 1. The molecule has 0 unspecified atom stereocenters. The fourth-order valence-corrected chi connectivity index (χ4v) is 1.45. The van der Waals surface area contributed by atoms with Crippen molar-refractivity contribution < 1.29 is 4.74 Å². The molecule has 0 aliphatic heterocycles. The summed E-state index contributed by atoms with van der Waals surface area (Å²) in [5.41, 5.74) is 6.77. The van der Waals surface area contributed by atoms with Crippen molar-refractivity contribution in [3.8, 4) is 5.88 Å². The molecule has 6 nitrogen and oxygen atoms in total. The van der Waals surface area contributed by atoms with E-state index in [0.717, 1.165) is 5.82 Å². The summed E-state index contributed by atoms with van der Waals surface area (Å²) in [5.74, 6) is 1.21. The first-order valence-corrected chi connectivity index (χ1v) is 5.00. The van der Waals surface area contributed by atoms with Crippen molar-refractivity contribution >= 4 is 11.3 Å². The summed E-state index contributed by atoms with van der Waals surface area (Å²) in [7, 11) is 1.55. The van der Waals surface area contributed by atoms with Crippen LogP contribution < -0.4 is 10.5 Å². The summed E-state index contributed by atoms with van der Waals surface area (Å²) in [6.07, 6.45) is 0. The van der Waals surface area contributed by atoms with E-state index in [1.807, 2.05) is 20.8 Å². The maximum absolute atomic E-state index is 5.85. The Labute approximate surface area is 93.4 Å². The molecule has 0 radical (unpaired) electrons. The molecular weight excluding hydrogens is 206 g/mol. The van der Waals surface area contributed by atoms with Crippen LogP contribution in [0.5, 0.6) is 5.88 Å². The van der Waals surface area contributed by atoms with Gasteiger partial charge in [-0.1, -0.05) is 20.8 Å². The third kappa shape index (κ3) is 1.56. The number of anilines is 1. The van der Waals surface area contributed by atoms with E-state index in [-0.39, 0.29) is 5.41 Å². The zero-order chi connectivity index (χ0) is 11.9. The van der Waals surface area contributed by atoms with Crippen LogP contribution in [0.15, 0.2) is 6.07 Å². The predicted molar refractivity (Wildman–Crippen MR) is 60.4 cm³/mol. The van der Waals surface area contributed by atoms with E-state index in [2.05, 4.69) is 15.3 Å². The molecule has 0 saturated carbocycles. The minimum atomic E-state index is -0.148. The highest BCUT2D eigenvalue weighted by molar-refractivity contribution is 5.64. The summed E-state index contributed by atoms with van der Waals surface area (Å²) in [5, 5.41) is 12.4. The smallest absolute Gasteiger partial charge is 0.233 e. The van der Waals surface area contributed by atoms with Crippen molar-refractivity contribution in [3.05, 3.63) is 11.9 Å². The molecule has 6 heteroatoms. The highest BCUT2D eigenvalue weighted by atomic mass is 16.5. The van der Waals surface area contributed by atoms with E-state index < -0.39 is 0 Å². The van der Waals surface area contributed by atoms with Crippen LogP contribution in [0.25, 0.3) is 5.65 Å². The van der Waals surface area contributed by atoms with Gasteiger partial charge in [0.15, 0.2) is 5.82 Å². The fourth-order valence-electron chi connectivity index (χ4n) is 1.45. The molecular formula is C10H15N5O. The molecule has 2 aromatic rings. The predicted octanol–water partition coefficient (Wildman–Crippen LogP) is 1.01. The average molecular weight is 221 g/mol. The number of nitrogen functional groups attached to an aromatic ring is 1. The van der Waals surface area contributed by atoms with Gasteiger partial charge in [0.25, 0.3) is 0 Å². The number of methoxy groups -OCH3 is 1. The third-order valence-electron chi connectivity index (χ3n) is 2.26. The van der Waals surface area contributed by atoms with Crippen LogP contribution in [0.1, 0.15) is 26.6 Å². The molecule has 0 fully saturated rings. The van der Waals surface area contributed by atoms with Gasteiger partial charge in [-0.2, -0.15) is 4.52 Å². The highest BCUT2D eigenvalue weighted by Crippen LogP contribution is 2.23. The van der Waals surface area contributed by atoms with Crippen LogP contribution in [0.2, 0.25) is 0 Å². The van der Waals surface area contributed by atoms with Crippen LogP contribution in [-0.2, 0) is 5.41 Å². The van der Waals surface area contributed by atoms with E-state index in [1.54, 1.807) is 17.7 Å². The molecule has 0 saturated heterocycles. The Bertz CT molecular complexity index is 526. The molecule has 0 aliphatic carbocycles. The Hall–Kier alpha value is -1.85. The first kappa shape index (κ1) is 10.7. The molecule has 0 aliphatic rings. The van der Waals surface area contributed by atoms with Crippen molar-refractivity contribution in [1.82, 2.24) is 19.8 Å². The van der Waals surface area contributed by atoms with Crippen molar-refractivity contribution in [3.63, 3.8) is 0 Å².